The van der Waals surface area contributed by atoms with Crippen molar-refractivity contribution in [3.63, 3.8) is 0 Å². The van der Waals surface area contributed by atoms with Gasteiger partial charge in [-0.25, -0.2) is 4.79 Å². The quantitative estimate of drug-likeness (QED) is 0.336. The van der Waals surface area contributed by atoms with Gasteiger partial charge in [0.1, 0.15) is 6.10 Å². The van der Waals surface area contributed by atoms with Gasteiger partial charge >= 0.3 is 12.1 Å². The van der Waals surface area contributed by atoms with Crippen molar-refractivity contribution in [2.75, 3.05) is 26.9 Å². The zero-order valence-electron chi connectivity index (χ0n) is 18.5. The summed E-state index contributed by atoms with van der Waals surface area (Å²) < 4.78 is 64.4. The molecule has 0 amide bonds. The van der Waals surface area contributed by atoms with E-state index < -0.39 is 58.5 Å². The Balaban J connectivity index is 1.95. The van der Waals surface area contributed by atoms with E-state index in [2.05, 4.69) is 0 Å². The van der Waals surface area contributed by atoms with E-state index in [0.29, 0.717) is 32.5 Å². The zero-order chi connectivity index (χ0) is 24.3. The number of hydrogen-bond acceptors (Lipinski definition) is 7. The molecule has 0 bridgehead atoms. The molecule has 4 atom stereocenters. The molecule has 2 aliphatic rings. The number of esters is 1. The molecule has 3 rings (SSSR count). The lowest BCUT2D eigenvalue weighted by molar-refractivity contribution is -0.498. The average Bonchev–Trinajstić information content (AvgIpc) is 2.77. The predicted octanol–water partition coefficient (Wildman–Crippen LogP) is 3.85. The molecule has 0 radical (unpaired) electrons. The van der Waals surface area contributed by atoms with Gasteiger partial charge in [0, 0.05) is 23.0 Å². The number of nitro groups is 1. The Labute approximate surface area is 189 Å². The zero-order valence-corrected chi connectivity index (χ0v) is 18.5. The number of carbonyl (C=O) groups is 1. The number of nitrogens with zero attached hydrogens (tertiary/aromatic N) is 1. The van der Waals surface area contributed by atoms with Crippen LogP contribution in [0.5, 0.6) is 0 Å². The first-order chi connectivity index (χ1) is 15.6. The van der Waals surface area contributed by atoms with Crippen LogP contribution >= 0.6 is 0 Å². The second-order valence-electron chi connectivity index (χ2n) is 8.64. The van der Waals surface area contributed by atoms with Crippen LogP contribution in [0.1, 0.15) is 38.2 Å². The van der Waals surface area contributed by atoms with Crippen molar-refractivity contribution >= 4 is 5.97 Å². The average molecular weight is 475 g/mol. The van der Waals surface area contributed by atoms with Crippen molar-refractivity contribution in [3.8, 4) is 0 Å². The number of halogens is 3. The van der Waals surface area contributed by atoms with Crippen LogP contribution in [0.25, 0.3) is 0 Å². The Morgan fingerprint density at radius 2 is 1.85 bits per heavy atom. The summed E-state index contributed by atoms with van der Waals surface area (Å²) in [5.74, 6) is -2.57. The second kappa shape index (κ2) is 9.94. The maximum Gasteiger partial charge on any atom is 0.432 e. The molecule has 0 N–H and O–H groups in total. The standard InChI is InChI=1S/C22H28F3NO7/c1-20(19-31-12-7-13-32-19)11-6-10-17(16(20)14-26(28)29)33-18(27)21(30-2,22(23,24)25)15-8-4-3-5-9-15/h3-5,8-9,16-17,19H,6-7,10-14H2,1-2H3/t16-,17+,20-,21+/m1/s1. The second-order valence-corrected chi connectivity index (χ2v) is 8.64. The van der Waals surface area contributed by atoms with E-state index in [1.54, 1.807) is 6.92 Å². The molecule has 8 nitrogen and oxygen atoms in total. The summed E-state index contributed by atoms with van der Waals surface area (Å²) in [6.07, 6.45) is -5.24. The summed E-state index contributed by atoms with van der Waals surface area (Å²) in [6, 6.07) is 6.47. The largest absolute Gasteiger partial charge is 0.459 e. The Bertz CT molecular complexity index is 831. The molecule has 1 aromatic rings. The third kappa shape index (κ3) is 4.85. The number of carbonyl (C=O) groups excluding carboxylic acids is 1. The maximum atomic E-state index is 14.2. The first-order valence-electron chi connectivity index (χ1n) is 10.8. The summed E-state index contributed by atoms with van der Waals surface area (Å²) in [5, 5.41) is 11.5. The molecular formula is C22H28F3NO7. The molecule has 33 heavy (non-hydrogen) atoms. The fourth-order valence-electron chi connectivity index (χ4n) is 4.89. The van der Waals surface area contributed by atoms with Crippen molar-refractivity contribution < 1.29 is 41.8 Å². The smallest absolute Gasteiger partial charge is 0.432 e. The molecule has 0 unspecified atom stereocenters. The maximum absolute atomic E-state index is 14.2. The molecule has 0 aromatic heterocycles. The minimum absolute atomic E-state index is 0.180. The van der Waals surface area contributed by atoms with Crippen LogP contribution in [0.3, 0.4) is 0 Å². The first-order valence-corrected chi connectivity index (χ1v) is 10.8. The fraction of sp³-hybridized carbons (Fsp3) is 0.682. The van der Waals surface area contributed by atoms with Crippen molar-refractivity contribution in [2.24, 2.45) is 11.3 Å². The highest BCUT2D eigenvalue weighted by Crippen LogP contribution is 2.49. The highest BCUT2D eigenvalue weighted by Gasteiger charge is 2.65. The first kappa shape index (κ1) is 25.4. The summed E-state index contributed by atoms with van der Waals surface area (Å²) in [4.78, 5) is 24.1. The van der Waals surface area contributed by atoms with Gasteiger partial charge in [-0.3, -0.25) is 10.1 Å². The third-order valence-corrected chi connectivity index (χ3v) is 6.64. The summed E-state index contributed by atoms with van der Waals surface area (Å²) in [6.45, 7) is 1.95. The number of methoxy groups -OCH3 is 1. The number of ether oxygens (including phenoxy) is 4. The van der Waals surface area contributed by atoms with Gasteiger partial charge < -0.3 is 18.9 Å². The van der Waals surface area contributed by atoms with Crippen LogP contribution in [-0.2, 0) is 29.3 Å². The SMILES string of the molecule is CO[C@](C(=O)O[C@H]1CCC[C@@](C)(C2OCCCO2)[C@@H]1C[N+](=O)[O-])(c1ccccc1)C(F)(F)F. The van der Waals surface area contributed by atoms with E-state index in [1.807, 2.05) is 0 Å². The Morgan fingerprint density at radius 3 is 2.39 bits per heavy atom. The van der Waals surface area contributed by atoms with Crippen molar-refractivity contribution in [3.05, 3.63) is 46.0 Å². The highest BCUT2D eigenvalue weighted by molar-refractivity contribution is 5.83. The molecule has 1 aromatic carbocycles. The van der Waals surface area contributed by atoms with Gasteiger partial charge in [-0.05, 0) is 25.7 Å². The molecule has 2 fully saturated rings. The Morgan fingerprint density at radius 1 is 1.21 bits per heavy atom. The van der Waals surface area contributed by atoms with E-state index in [1.165, 1.54) is 18.2 Å². The van der Waals surface area contributed by atoms with Gasteiger partial charge in [0.15, 0.2) is 6.29 Å². The van der Waals surface area contributed by atoms with E-state index >= 15 is 0 Å². The molecule has 1 aliphatic heterocycles. The van der Waals surface area contributed by atoms with Crippen LogP contribution in [0.4, 0.5) is 13.2 Å². The van der Waals surface area contributed by atoms with E-state index in [-0.39, 0.29) is 6.42 Å². The third-order valence-electron chi connectivity index (χ3n) is 6.64. The fourth-order valence-corrected chi connectivity index (χ4v) is 4.89. The summed E-state index contributed by atoms with van der Waals surface area (Å²) in [7, 11) is 0.783. The molecule has 11 heteroatoms. The Kier molecular flexibility index (Phi) is 7.65. The minimum atomic E-state index is -5.13. The summed E-state index contributed by atoms with van der Waals surface area (Å²) >= 11 is 0. The van der Waals surface area contributed by atoms with Crippen molar-refractivity contribution in [1.29, 1.82) is 0 Å². The number of benzene rings is 1. The normalized spacial score (nSPS) is 28.6. The Hall–Kier alpha value is -2.24. The monoisotopic (exact) mass is 475 g/mol. The van der Waals surface area contributed by atoms with E-state index in [0.717, 1.165) is 19.2 Å². The molecular weight excluding hydrogens is 447 g/mol. The van der Waals surface area contributed by atoms with Gasteiger partial charge in [-0.2, -0.15) is 13.2 Å². The molecule has 1 heterocycles. The van der Waals surface area contributed by atoms with Gasteiger partial charge in [0.2, 0.25) is 6.54 Å². The number of alkyl halides is 3. The molecule has 1 aliphatic carbocycles. The molecule has 184 valence electrons. The van der Waals surface area contributed by atoms with Crippen LogP contribution in [0.2, 0.25) is 0 Å². The van der Waals surface area contributed by atoms with Gasteiger partial charge in [-0.1, -0.05) is 37.3 Å². The van der Waals surface area contributed by atoms with Crippen LogP contribution < -0.4 is 0 Å². The lowest BCUT2D eigenvalue weighted by Gasteiger charge is -2.48. The van der Waals surface area contributed by atoms with Crippen LogP contribution in [-0.4, -0.2) is 56.3 Å². The van der Waals surface area contributed by atoms with Crippen molar-refractivity contribution in [1.82, 2.24) is 0 Å². The lowest BCUT2D eigenvalue weighted by atomic mass is 9.65. The van der Waals surface area contributed by atoms with Crippen LogP contribution in [0.15, 0.2) is 30.3 Å². The minimum Gasteiger partial charge on any atom is -0.459 e. The molecule has 1 saturated heterocycles. The topological polar surface area (TPSA) is 97.1 Å². The molecule has 0 spiro atoms. The summed E-state index contributed by atoms with van der Waals surface area (Å²) in [5.41, 5.74) is -4.72. The highest BCUT2D eigenvalue weighted by atomic mass is 19.4. The number of rotatable bonds is 7. The molecule has 1 saturated carbocycles. The van der Waals surface area contributed by atoms with Gasteiger partial charge in [-0.15, -0.1) is 0 Å². The van der Waals surface area contributed by atoms with Crippen molar-refractivity contribution in [2.45, 2.75) is 56.8 Å². The van der Waals surface area contributed by atoms with E-state index in [4.69, 9.17) is 18.9 Å². The van der Waals surface area contributed by atoms with Crippen LogP contribution in [0, 0.1) is 21.4 Å². The predicted molar refractivity (Wildman–Crippen MR) is 109 cm³/mol. The lowest BCUT2D eigenvalue weighted by Crippen LogP contribution is -2.57. The van der Waals surface area contributed by atoms with Gasteiger partial charge in [0.05, 0.1) is 19.1 Å². The number of hydrogen-bond donors (Lipinski definition) is 0. The van der Waals surface area contributed by atoms with E-state index in [9.17, 15) is 28.1 Å². The van der Waals surface area contributed by atoms with Gasteiger partial charge in [0.25, 0.3) is 5.60 Å².